The topological polar surface area (TPSA) is 81.8 Å². The third-order valence-corrected chi connectivity index (χ3v) is 5.03. The number of nitrogens with one attached hydrogen (secondary N) is 3. The third kappa shape index (κ3) is 3.47. The van der Waals surface area contributed by atoms with Crippen LogP contribution in [-0.2, 0) is 13.0 Å². The van der Waals surface area contributed by atoms with Gasteiger partial charge >= 0.3 is 0 Å². The molecule has 27 heavy (non-hydrogen) atoms. The minimum absolute atomic E-state index is 0.0709. The lowest BCUT2D eigenvalue weighted by Gasteiger charge is -2.24. The molecule has 7 heteroatoms. The number of imidazole rings is 1. The first-order valence-electron chi connectivity index (χ1n) is 9.55. The van der Waals surface area contributed by atoms with Gasteiger partial charge in [-0.05, 0) is 44.0 Å². The lowest BCUT2D eigenvalue weighted by Crippen LogP contribution is -2.28. The Labute approximate surface area is 159 Å². The van der Waals surface area contributed by atoms with Crippen molar-refractivity contribution in [2.75, 3.05) is 30.9 Å². The summed E-state index contributed by atoms with van der Waals surface area (Å²) < 4.78 is 0. The van der Waals surface area contributed by atoms with Crippen LogP contribution >= 0.6 is 0 Å². The highest BCUT2D eigenvalue weighted by Gasteiger charge is 2.22. The molecule has 0 unspecified atom stereocenters. The van der Waals surface area contributed by atoms with Gasteiger partial charge in [0.2, 0.25) is 5.95 Å². The first-order valence-corrected chi connectivity index (χ1v) is 9.55. The van der Waals surface area contributed by atoms with E-state index < -0.39 is 0 Å². The summed E-state index contributed by atoms with van der Waals surface area (Å²) in [5.41, 5.74) is 5.60. The fourth-order valence-corrected chi connectivity index (χ4v) is 3.50. The third-order valence-electron chi connectivity index (χ3n) is 5.03. The Morgan fingerprint density at radius 1 is 1.22 bits per heavy atom. The van der Waals surface area contributed by atoms with Gasteiger partial charge in [-0.15, -0.1) is 0 Å². The van der Waals surface area contributed by atoms with E-state index in [1.807, 2.05) is 19.0 Å². The van der Waals surface area contributed by atoms with Gasteiger partial charge in [0.15, 0.2) is 0 Å². The summed E-state index contributed by atoms with van der Waals surface area (Å²) in [4.78, 5) is 19.8. The maximum atomic E-state index is 4.81. The number of benzene rings is 1. The number of aromatic nitrogens is 4. The summed E-state index contributed by atoms with van der Waals surface area (Å²) in [7, 11) is 3.95. The predicted octanol–water partition coefficient (Wildman–Crippen LogP) is 2.94. The van der Waals surface area contributed by atoms with Gasteiger partial charge in [0, 0.05) is 26.2 Å². The second-order valence-electron chi connectivity index (χ2n) is 7.37. The molecule has 3 aromatic rings. The van der Waals surface area contributed by atoms with E-state index >= 15 is 0 Å². The van der Waals surface area contributed by atoms with Crippen molar-refractivity contribution in [1.29, 1.82) is 0 Å². The van der Waals surface area contributed by atoms with Crippen LogP contribution in [0.1, 0.15) is 42.0 Å². The van der Waals surface area contributed by atoms with Crippen LogP contribution in [0.3, 0.4) is 0 Å². The first-order chi connectivity index (χ1) is 13.0. The van der Waals surface area contributed by atoms with Gasteiger partial charge in [-0.1, -0.05) is 13.0 Å². The maximum Gasteiger partial charge on any atom is 0.227 e. The van der Waals surface area contributed by atoms with Gasteiger partial charge in [-0.25, -0.2) is 9.97 Å². The van der Waals surface area contributed by atoms with Crippen molar-refractivity contribution < 1.29 is 0 Å². The van der Waals surface area contributed by atoms with E-state index in [9.17, 15) is 0 Å². The van der Waals surface area contributed by atoms with E-state index in [-0.39, 0.29) is 6.04 Å². The van der Waals surface area contributed by atoms with Crippen LogP contribution in [0.25, 0.3) is 11.0 Å². The van der Waals surface area contributed by atoms with Crippen molar-refractivity contribution in [2.45, 2.75) is 39.3 Å². The van der Waals surface area contributed by atoms with Gasteiger partial charge < -0.3 is 20.5 Å². The van der Waals surface area contributed by atoms with Crippen LogP contribution in [0.4, 0.5) is 11.8 Å². The van der Waals surface area contributed by atoms with E-state index in [0.29, 0.717) is 0 Å². The zero-order chi connectivity index (χ0) is 19.0. The molecular formula is C20H27N7. The Hall–Kier alpha value is -2.67. The highest BCUT2D eigenvalue weighted by Crippen LogP contribution is 2.28. The highest BCUT2D eigenvalue weighted by molar-refractivity contribution is 5.76. The van der Waals surface area contributed by atoms with Gasteiger partial charge in [0.25, 0.3) is 0 Å². The first kappa shape index (κ1) is 17.7. The van der Waals surface area contributed by atoms with Gasteiger partial charge in [0.1, 0.15) is 11.6 Å². The molecule has 0 aliphatic carbocycles. The molecule has 0 spiro atoms. The van der Waals surface area contributed by atoms with Crippen molar-refractivity contribution in [3.63, 3.8) is 0 Å². The Bertz CT molecular complexity index is 960. The van der Waals surface area contributed by atoms with Gasteiger partial charge in [0.05, 0.1) is 22.8 Å². The van der Waals surface area contributed by atoms with E-state index in [1.54, 1.807) is 0 Å². The number of aromatic amines is 1. The minimum atomic E-state index is 0.0709. The summed E-state index contributed by atoms with van der Waals surface area (Å²) in [5.74, 6) is 2.61. The fourth-order valence-electron chi connectivity index (χ4n) is 3.50. The number of rotatable bonds is 5. The number of anilines is 2. The van der Waals surface area contributed by atoms with E-state index in [2.05, 4.69) is 47.7 Å². The number of hydrogen-bond acceptors (Lipinski definition) is 6. The van der Waals surface area contributed by atoms with Crippen LogP contribution in [0.2, 0.25) is 0 Å². The highest BCUT2D eigenvalue weighted by atomic mass is 15.2. The molecule has 0 saturated carbocycles. The van der Waals surface area contributed by atoms with Gasteiger partial charge in [-0.3, -0.25) is 0 Å². The summed E-state index contributed by atoms with van der Waals surface area (Å²) >= 11 is 0. The molecule has 0 amide bonds. The lowest BCUT2D eigenvalue weighted by molar-refractivity contribution is 0.619. The summed E-state index contributed by atoms with van der Waals surface area (Å²) in [5, 5.41) is 7.05. The second kappa shape index (κ2) is 7.15. The largest absolute Gasteiger partial charge is 0.360 e. The van der Waals surface area contributed by atoms with E-state index in [1.165, 1.54) is 11.1 Å². The Balaban J connectivity index is 1.71. The average Bonchev–Trinajstić information content (AvgIpc) is 3.08. The lowest BCUT2D eigenvalue weighted by atomic mass is 10.1. The van der Waals surface area contributed by atoms with Gasteiger partial charge in [-0.2, -0.15) is 4.98 Å². The van der Waals surface area contributed by atoms with Crippen LogP contribution in [0.15, 0.2) is 18.2 Å². The minimum Gasteiger partial charge on any atom is -0.360 e. The SMILES string of the molecule is CC[C@H](Nc1nc(N(C)C)nc2c1CCNC2)c1nc2ccc(C)cc2[nH]1. The van der Waals surface area contributed by atoms with E-state index in [4.69, 9.17) is 15.0 Å². The Kier molecular flexibility index (Phi) is 4.70. The molecule has 3 heterocycles. The predicted molar refractivity (Wildman–Crippen MR) is 109 cm³/mol. The monoisotopic (exact) mass is 365 g/mol. The molecule has 1 aliphatic rings. The molecule has 0 saturated heterocycles. The molecule has 0 bridgehead atoms. The molecule has 2 aromatic heterocycles. The average molecular weight is 365 g/mol. The smallest absolute Gasteiger partial charge is 0.227 e. The van der Waals surface area contributed by atoms with Crippen molar-refractivity contribution in [3.8, 4) is 0 Å². The summed E-state index contributed by atoms with van der Waals surface area (Å²) in [6, 6.07) is 6.38. The maximum absolute atomic E-state index is 4.81. The quantitative estimate of drug-likeness (QED) is 0.645. The number of fused-ring (bicyclic) bond motifs is 2. The summed E-state index contributed by atoms with van der Waals surface area (Å²) in [6.07, 6.45) is 1.84. The molecule has 3 N–H and O–H groups in total. The van der Waals surface area contributed by atoms with Crippen molar-refractivity contribution >= 4 is 22.8 Å². The molecule has 0 fully saturated rings. The molecule has 1 aromatic carbocycles. The number of hydrogen-bond donors (Lipinski definition) is 3. The zero-order valence-electron chi connectivity index (χ0n) is 16.4. The standard InChI is InChI=1S/C20H27N7/c1-5-14(19-23-15-7-6-12(2)10-16(15)24-19)22-18-13-8-9-21-11-17(13)25-20(26-18)27(3)4/h6-7,10,14,21H,5,8-9,11H2,1-4H3,(H,23,24)(H,22,25,26)/t14-/m0/s1. The second-order valence-corrected chi connectivity index (χ2v) is 7.37. The van der Waals surface area contributed by atoms with Crippen molar-refractivity contribution in [1.82, 2.24) is 25.3 Å². The number of nitrogens with zero attached hydrogens (tertiary/aromatic N) is 4. The van der Waals surface area contributed by atoms with Crippen molar-refractivity contribution in [2.24, 2.45) is 0 Å². The summed E-state index contributed by atoms with van der Waals surface area (Å²) in [6.45, 7) is 6.00. The fraction of sp³-hybridized carbons (Fsp3) is 0.450. The molecule has 1 atom stereocenters. The molecular weight excluding hydrogens is 338 g/mol. The molecule has 7 nitrogen and oxygen atoms in total. The number of H-pyrrole nitrogens is 1. The normalized spacial score (nSPS) is 14.8. The zero-order valence-corrected chi connectivity index (χ0v) is 16.4. The number of aryl methyl sites for hydroxylation is 1. The molecule has 4 rings (SSSR count). The molecule has 1 aliphatic heterocycles. The van der Waals surface area contributed by atoms with Crippen molar-refractivity contribution in [3.05, 3.63) is 40.8 Å². The molecule has 0 radical (unpaired) electrons. The van der Waals surface area contributed by atoms with Crippen LogP contribution in [0, 0.1) is 6.92 Å². The Morgan fingerprint density at radius 2 is 2.07 bits per heavy atom. The van der Waals surface area contributed by atoms with Crippen LogP contribution in [0.5, 0.6) is 0 Å². The van der Waals surface area contributed by atoms with Crippen LogP contribution in [-0.4, -0.2) is 40.6 Å². The van der Waals surface area contributed by atoms with Crippen LogP contribution < -0.4 is 15.5 Å². The Morgan fingerprint density at radius 3 is 2.85 bits per heavy atom. The molecule has 142 valence electrons. The van der Waals surface area contributed by atoms with E-state index in [0.717, 1.165) is 60.2 Å².